The summed E-state index contributed by atoms with van der Waals surface area (Å²) in [6, 6.07) is 10.00. The van der Waals surface area contributed by atoms with Crippen LogP contribution in [0.3, 0.4) is 0 Å². The molecule has 1 atom stereocenters. The Bertz CT molecular complexity index is 460. The van der Waals surface area contributed by atoms with E-state index in [1.807, 2.05) is 24.3 Å². The molecule has 1 N–H and O–H groups in total. The molecule has 0 fully saturated rings. The van der Waals surface area contributed by atoms with Crippen LogP contribution in [0.25, 0.3) is 0 Å². The van der Waals surface area contributed by atoms with E-state index in [2.05, 4.69) is 32.2 Å². The summed E-state index contributed by atoms with van der Waals surface area (Å²) in [5, 5.41) is 12.0. The molecule has 0 saturated carbocycles. The van der Waals surface area contributed by atoms with Crippen molar-refractivity contribution in [1.29, 1.82) is 5.26 Å². The van der Waals surface area contributed by atoms with Crippen molar-refractivity contribution in [1.82, 2.24) is 0 Å². The topological polar surface area (TPSA) is 52.9 Å². The molecule has 3 heteroatoms. The van der Waals surface area contributed by atoms with E-state index in [-0.39, 0.29) is 18.2 Å². The fraction of sp³-hybridized carbons (Fsp3) is 0.500. The van der Waals surface area contributed by atoms with E-state index in [0.29, 0.717) is 5.92 Å². The molecule has 1 aromatic rings. The smallest absolute Gasteiger partial charge is 0.225 e. The predicted molar refractivity (Wildman–Crippen MR) is 77.6 cm³/mol. The van der Waals surface area contributed by atoms with Gasteiger partial charge in [0.05, 0.1) is 12.0 Å². The second kappa shape index (κ2) is 7.58. The number of amides is 1. The van der Waals surface area contributed by atoms with Gasteiger partial charge in [-0.25, -0.2) is 0 Å². The lowest BCUT2D eigenvalue weighted by atomic mass is 9.95. The summed E-state index contributed by atoms with van der Waals surface area (Å²) < 4.78 is 0. The number of para-hydroxylation sites is 1. The quantitative estimate of drug-likeness (QED) is 0.844. The number of nitrogens with zero attached hydrogens (tertiary/aromatic N) is 1. The number of benzene rings is 1. The van der Waals surface area contributed by atoms with Crippen LogP contribution in [0.15, 0.2) is 24.3 Å². The number of nitriles is 1. The van der Waals surface area contributed by atoms with Crippen LogP contribution in [-0.4, -0.2) is 5.91 Å². The summed E-state index contributed by atoms with van der Waals surface area (Å²) in [6.07, 6.45) is 1.91. The molecule has 0 aliphatic carbocycles. The number of carbonyl (C=O) groups is 1. The van der Waals surface area contributed by atoms with E-state index in [1.54, 1.807) is 0 Å². The summed E-state index contributed by atoms with van der Waals surface area (Å²) in [6.45, 7) is 6.19. The molecule has 102 valence electrons. The van der Waals surface area contributed by atoms with Crippen molar-refractivity contribution >= 4 is 11.6 Å². The Balaban J connectivity index is 2.62. The highest BCUT2D eigenvalue weighted by atomic mass is 16.1. The first kappa shape index (κ1) is 15.2. The monoisotopic (exact) mass is 258 g/mol. The fourth-order valence-corrected chi connectivity index (χ4v) is 2.13. The maximum atomic E-state index is 12.0. The molecule has 0 radical (unpaired) electrons. The Morgan fingerprint density at radius 1 is 1.37 bits per heavy atom. The lowest BCUT2D eigenvalue weighted by molar-refractivity contribution is -0.116. The van der Waals surface area contributed by atoms with E-state index in [1.165, 1.54) is 0 Å². The van der Waals surface area contributed by atoms with Crippen molar-refractivity contribution in [2.24, 2.45) is 11.8 Å². The molecule has 0 aliphatic heterocycles. The first-order valence-corrected chi connectivity index (χ1v) is 6.84. The van der Waals surface area contributed by atoms with Crippen molar-refractivity contribution in [2.45, 2.75) is 40.0 Å². The number of carbonyl (C=O) groups excluding carboxylic acids is 1. The van der Waals surface area contributed by atoms with Gasteiger partial charge in [-0.2, -0.15) is 5.26 Å². The Kier molecular flexibility index (Phi) is 6.08. The highest BCUT2D eigenvalue weighted by Gasteiger charge is 2.15. The molecule has 1 unspecified atom stereocenters. The third kappa shape index (κ3) is 5.13. The van der Waals surface area contributed by atoms with Crippen LogP contribution in [-0.2, 0) is 11.2 Å². The van der Waals surface area contributed by atoms with E-state index in [0.717, 1.165) is 24.1 Å². The third-order valence-electron chi connectivity index (χ3n) is 3.04. The van der Waals surface area contributed by atoms with Crippen LogP contribution in [0, 0.1) is 23.2 Å². The first-order chi connectivity index (χ1) is 9.06. The first-order valence-electron chi connectivity index (χ1n) is 6.84. The Morgan fingerprint density at radius 3 is 2.63 bits per heavy atom. The second-order valence-electron chi connectivity index (χ2n) is 5.22. The Labute approximate surface area is 115 Å². The maximum absolute atomic E-state index is 12.0. The minimum absolute atomic E-state index is 0.0758. The van der Waals surface area contributed by atoms with Gasteiger partial charge in [0.25, 0.3) is 0 Å². The zero-order chi connectivity index (χ0) is 14.3. The molecule has 1 rings (SSSR count). The molecule has 3 nitrogen and oxygen atoms in total. The Hall–Kier alpha value is -1.82. The number of nitrogens with one attached hydrogen (secondary N) is 1. The number of anilines is 1. The lowest BCUT2D eigenvalue weighted by Crippen LogP contribution is -2.17. The van der Waals surface area contributed by atoms with Gasteiger partial charge in [0.1, 0.15) is 0 Å². The minimum atomic E-state index is -0.200. The molecule has 0 saturated heterocycles. The molecule has 0 aliphatic rings. The molecular weight excluding hydrogens is 236 g/mol. The lowest BCUT2D eigenvalue weighted by Gasteiger charge is -2.13. The zero-order valence-electron chi connectivity index (χ0n) is 11.9. The van der Waals surface area contributed by atoms with Crippen molar-refractivity contribution in [3.63, 3.8) is 0 Å². The highest BCUT2D eigenvalue weighted by Crippen LogP contribution is 2.18. The van der Waals surface area contributed by atoms with Gasteiger partial charge in [0.2, 0.25) is 5.91 Å². The zero-order valence-corrected chi connectivity index (χ0v) is 11.9. The SMILES string of the molecule is CCc1ccccc1NC(=O)CC(C#N)CC(C)C. The number of hydrogen-bond donors (Lipinski definition) is 1. The molecule has 0 aromatic heterocycles. The van der Waals surface area contributed by atoms with Gasteiger partial charge in [0.15, 0.2) is 0 Å². The normalized spacial score (nSPS) is 11.9. The van der Waals surface area contributed by atoms with Gasteiger partial charge < -0.3 is 5.32 Å². The standard InChI is InChI=1S/C16H22N2O/c1-4-14-7-5-6-8-15(14)18-16(19)10-13(11-17)9-12(2)3/h5-8,12-13H,4,9-10H2,1-3H3,(H,18,19). The second-order valence-corrected chi connectivity index (χ2v) is 5.22. The largest absolute Gasteiger partial charge is 0.326 e. The number of hydrogen-bond acceptors (Lipinski definition) is 2. The number of rotatable bonds is 6. The summed E-state index contributed by atoms with van der Waals surface area (Å²) in [7, 11) is 0. The molecular formula is C16H22N2O. The molecule has 19 heavy (non-hydrogen) atoms. The van der Waals surface area contributed by atoms with Crippen LogP contribution in [0.5, 0.6) is 0 Å². The number of aryl methyl sites for hydroxylation is 1. The van der Waals surface area contributed by atoms with Crippen LogP contribution < -0.4 is 5.32 Å². The Morgan fingerprint density at radius 2 is 2.05 bits per heavy atom. The average Bonchev–Trinajstić information content (AvgIpc) is 2.38. The van der Waals surface area contributed by atoms with E-state index in [4.69, 9.17) is 5.26 Å². The van der Waals surface area contributed by atoms with Crippen LogP contribution in [0.4, 0.5) is 5.69 Å². The molecule has 0 bridgehead atoms. The fourth-order valence-electron chi connectivity index (χ4n) is 2.13. The predicted octanol–water partition coefficient (Wildman–Crippen LogP) is 3.76. The molecule has 1 amide bonds. The van der Waals surface area contributed by atoms with E-state index < -0.39 is 0 Å². The summed E-state index contributed by atoms with van der Waals surface area (Å²) in [4.78, 5) is 12.0. The van der Waals surface area contributed by atoms with Gasteiger partial charge in [-0.15, -0.1) is 0 Å². The van der Waals surface area contributed by atoms with Gasteiger partial charge in [-0.1, -0.05) is 39.0 Å². The average molecular weight is 258 g/mol. The molecule has 0 heterocycles. The van der Waals surface area contributed by atoms with Crippen molar-refractivity contribution in [3.05, 3.63) is 29.8 Å². The van der Waals surface area contributed by atoms with Crippen molar-refractivity contribution in [2.75, 3.05) is 5.32 Å². The van der Waals surface area contributed by atoms with Crippen LogP contribution >= 0.6 is 0 Å². The maximum Gasteiger partial charge on any atom is 0.225 e. The van der Waals surface area contributed by atoms with E-state index in [9.17, 15) is 4.79 Å². The third-order valence-corrected chi connectivity index (χ3v) is 3.04. The molecule has 1 aromatic carbocycles. The molecule has 0 spiro atoms. The highest BCUT2D eigenvalue weighted by molar-refractivity contribution is 5.91. The summed E-state index contributed by atoms with van der Waals surface area (Å²) in [5.41, 5.74) is 1.98. The van der Waals surface area contributed by atoms with Crippen LogP contribution in [0.2, 0.25) is 0 Å². The van der Waals surface area contributed by atoms with Gasteiger partial charge in [0, 0.05) is 12.1 Å². The summed E-state index contributed by atoms with van der Waals surface area (Å²) >= 11 is 0. The minimum Gasteiger partial charge on any atom is -0.326 e. The van der Waals surface area contributed by atoms with Gasteiger partial charge in [-0.3, -0.25) is 4.79 Å². The van der Waals surface area contributed by atoms with Crippen molar-refractivity contribution < 1.29 is 4.79 Å². The van der Waals surface area contributed by atoms with Gasteiger partial charge in [-0.05, 0) is 30.4 Å². The van der Waals surface area contributed by atoms with E-state index >= 15 is 0 Å². The summed E-state index contributed by atoms with van der Waals surface area (Å²) in [5.74, 6) is 0.155. The van der Waals surface area contributed by atoms with Gasteiger partial charge >= 0.3 is 0 Å². The van der Waals surface area contributed by atoms with Crippen molar-refractivity contribution in [3.8, 4) is 6.07 Å². The van der Waals surface area contributed by atoms with Crippen LogP contribution in [0.1, 0.15) is 39.2 Å².